The van der Waals surface area contributed by atoms with E-state index in [1.165, 1.54) is 12.8 Å². The van der Waals surface area contributed by atoms with Crippen LogP contribution in [0.4, 0.5) is 0 Å². The SMILES string of the molecule is CCCC[O][Al+2].[H-].[H-].[LiH]. The van der Waals surface area contributed by atoms with Crippen LogP contribution < -0.4 is 0 Å². The summed E-state index contributed by atoms with van der Waals surface area (Å²) in [6.07, 6.45) is 2.39. The van der Waals surface area contributed by atoms with Crippen molar-refractivity contribution in [3.63, 3.8) is 0 Å². The topological polar surface area (TPSA) is 9.23 Å². The van der Waals surface area contributed by atoms with E-state index in [-0.39, 0.29) is 21.7 Å². The van der Waals surface area contributed by atoms with Gasteiger partial charge in [-0.2, -0.15) is 0 Å². The molecule has 0 aromatic rings. The summed E-state index contributed by atoms with van der Waals surface area (Å²) >= 11 is 2.23. The molecule has 0 saturated heterocycles. The first-order valence-corrected chi connectivity index (χ1v) is 2.70. The van der Waals surface area contributed by atoms with E-state index in [1.54, 1.807) is 0 Å². The van der Waals surface area contributed by atoms with Crippen LogP contribution in [0.5, 0.6) is 0 Å². The molecule has 0 aromatic carbocycles. The molecule has 0 aliphatic rings. The molecular formula is C4H12AlLiO. The molecule has 0 heterocycles. The molecule has 0 radical (unpaired) electrons. The van der Waals surface area contributed by atoms with E-state index in [0.29, 0.717) is 0 Å². The summed E-state index contributed by atoms with van der Waals surface area (Å²) < 4.78 is 4.70. The molecule has 0 atom stereocenters. The fourth-order valence-electron chi connectivity index (χ4n) is 0.228. The zero-order valence-corrected chi connectivity index (χ0v) is 5.26. The minimum atomic E-state index is 0. The van der Waals surface area contributed by atoms with Crippen molar-refractivity contribution in [1.82, 2.24) is 0 Å². The number of unbranched alkanes of at least 4 members (excludes halogenated alkanes) is 1. The van der Waals surface area contributed by atoms with Gasteiger partial charge in [-0.3, -0.25) is 0 Å². The Balaban J connectivity index is -0.0000000417. The summed E-state index contributed by atoms with van der Waals surface area (Å²) in [5.74, 6) is 0. The van der Waals surface area contributed by atoms with Gasteiger partial charge in [0.1, 0.15) is 0 Å². The Kier molecular flexibility index (Phi) is 15.9. The normalized spacial score (nSPS) is 7.86. The number of hydrogen-bond donors (Lipinski definition) is 0. The molecule has 0 rings (SSSR count). The van der Waals surface area contributed by atoms with Gasteiger partial charge in [0, 0.05) is 0 Å². The Bertz CT molecular complexity index is 30.5. The van der Waals surface area contributed by atoms with Gasteiger partial charge in [0.25, 0.3) is 0 Å². The molecule has 0 N–H and O–H groups in total. The summed E-state index contributed by atoms with van der Waals surface area (Å²) in [6.45, 7) is 3.02. The molecule has 0 aromatic heterocycles. The van der Waals surface area contributed by atoms with Crippen molar-refractivity contribution in [2.24, 2.45) is 0 Å². The molecule has 0 aliphatic heterocycles. The Hall–Kier alpha value is 1.09. The van der Waals surface area contributed by atoms with Gasteiger partial charge >= 0.3 is 65.6 Å². The molecular weight excluding hydrogens is 98.0 g/mol. The number of rotatable bonds is 3. The summed E-state index contributed by atoms with van der Waals surface area (Å²) in [7, 11) is 0. The summed E-state index contributed by atoms with van der Waals surface area (Å²) in [5, 5.41) is 0. The first-order valence-electron chi connectivity index (χ1n) is 2.23. The summed E-state index contributed by atoms with van der Waals surface area (Å²) in [4.78, 5) is 0. The molecule has 0 fully saturated rings. The average molecular weight is 110 g/mol. The predicted molar refractivity (Wildman–Crippen MR) is 36.0 cm³/mol. The second kappa shape index (κ2) is 10.1. The van der Waals surface area contributed by atoms with Crippen molar-refractivity contribution >= 4 is 35.5 Å². The molecule has 0 spiro atoms. The summed E-state index contributed by atoms with van der Waals surface area (Å²) in [6, 6.07) is 0. The standard InChI is InChI=1S/C4H9O.Al.Li.3H/c1-2-3-4-5;;;;;/h2-4H2,1H3;;;;;/q-1;+3;;;2*-1. The van der Waals surface area contributed by atoms with Gasteiger partial charge in [0.05, 0.1) is 0 Å². The van der Waals surface area contributed by atoms with Gasteiger partial charge < -0.3 is 2.85 Å². The third-order valence-corrected chi connectivity index (χ3v) is 0.851. The van der Waals surface area contributed by atoms with Crippen molar-refractivity contribution in [3.8, 4) is 0 Å². The van der Waals surface area contributed by atoms with Crippen molar-refractivity contribution in [1.29, 1.82) is 0 Å². The van der Waals surface area contributed by atoms with Gasteiger partial charge in [-0.15, -0.1) is 0 Å². The van der Waals surface area contributed by atoms with Crippen LogP contribution in [0.1, 0.15) is 22.6 Å². The monoisotopic (exact) mass is 110 g/mol. The fraction of sp³-hybridized carbons (Fsp3) is 1.00. The van der Waals surface area contributed by atoms with E-state index in [0.717, 1.165) is 6.61 Å². The first kappa shape index (κ1) is 11.0. The quantitative estimate of drug-likeness (QED) is 0.379. The van der Waals surface area contributed by atoms with Gasteiger partial charge in [-0.1, -0.05) is 0 Å². The van der Waals surface area contributed by atoms with Crippen LogP contribution in [0.15, 0.2) is 0 Å². The molecule has 3 heteroatoms. The minimum absolute atomic E-state index is 0. The van der Waals surface area contributed by atoms with Crippen molar-refractivity contribution in [3.05, 3.63) is 0 Å². The molecule has 0 saturated carbocycles. The van der Waals surface area contributed by atoms with E-state index in [9.17, 15) is 0 Å². The Morgan fingerprint density at radius 1 is 1.71 bits per heavy atom. The van der Waals surface area contributed by atoms with Crippen LogP contribution >= 0.6 is 0 Å². The van der Waals surface area contributed by atoms with Crippen LogP contribution in [0, 0.1) is 0 Å². The average Bonchev–Trinajstić information content (AvgIpc) is 1.61. The Morgan fingerprint density at radius 3 is 2.43 bits per heavy atom. The van der Waals surface area contributed by atoms with Crippen LogP contribution in [-0.2, 0) is 3.79 Å². The third kappa shape index (κ3) is 11.0. The second-order valence-electron chi connectivity index (χ2n) is 1.22. The van der Waals surface area contributed by atoms with Gasteiger partial charge in [0.15, 0.2) is 0 Å². The fourth-order valence-corrected chi connectivity index (χ4v) is 0.394. The third-order valence-electron chi connectivity index (χ3n) is 0.616. The predicted octanol–water partition coefficient (Wildman–Crippen LogP) is 0.463. The van der Waals surface area contributed by atoms with Crippen LogP contribution in [0.3, 0.4) is 0 Å². The Morgan fingerprint density at radius 2 is 2.29 bits per heavy atom. The molecule has 0 bridgehead atoms. The van der Waals surface area contributed by atoms with Crippen LogP contribution in [-0.4, -0.2) is 42.1 Å². The zero-order chi connectivity index (χ0) is 4.83. The van der Waals surface area contributed by atoms with Crippen molar-refractivity contribution < 1.29 is 6.64 Å². The van der Waals surface area contributed by atoms with Crippen LogP contribution in [0.2, 0.25) is 0 Å². The maximum atomic E-state index is 4.70. The van der Waals surface area contributed by atoms with E-state index in [2.05, 4.69) is 23.5 Å². The van der Waals surface area contributed by atoms with Crippen LogP contribution in [0.25, 0.3) is 0 Å². The molecule has 0 aliphatic carbocycles. The maximum absolute atomic E-state index is 4.70. The van der Waals surface area contributed by atoms with Gasteiger partial charge in [-0.05, 0) is 0 Å². The van der Waals surface area contributed by atoms with Crippen molar-refractivity contribution in [2.75, 3.05) is 6.61 Å². The number of hydrogen-bond acceptors (Lipinski definition) is 1. The van der Waals surface area contributed by atoms with Crippen molar-refractivity contribution in [2.45, 2.75) is 19.8 Å². The molecule has 1 nitrogen and oxygen atoms in total. The molecule has 0 unspecified atom stereocenters. The van der Waals surface area contributed by atoms with E-state index in [4.69, 9.17) is 3.79 Å². The molecule has 0 amide bonds. The molecule has 7 heavy (non-hydrogen) atoms. The molecule has 38 valence electrons. The first-order chi connectivity index (χ1) is 2.91. The van der Waals surface area contributed by atoms with E-state index < -0.39 is 0 Å². The second-order valence-corrected chi connectivity index (χ2v) is 1.56. The van der Waals surface area contributed by atoms with E-state index in [1.807, 2.05) is 0 Å². The Labute approximate surface area is 68.7 Å². The summed E-state index contributed by atoms with van der Waals surface area (Å²) in [5.41, 5.74) is 0. The van der Waals surface area contributed by atoms with E-state index >= 15 is 0 Å². The zero-order valence-electron chi connectivity index (χ0n) is 6.11. The van der Waals surface area contributed by atoms with Gasteiger partial charge in [-0.25, -0.2) is 0 Å². The van der Waals surface area contributed by atoms with Gasteiger partial charge in [0.2, 0.25) is 0 Å².